The lowest BCUT2D eigenvalue weighted by molar-refractivity contribution is 0.265. The predicted octanol–water partition coefficient (Wildman–Crippen LogP) is 3.39. The van der Waals surface area contributed by atoms with Crippen LogP contribution < -0.4 is 10.6 Å². The van der Waals surface area contributed by atoms with E-state index >= 15 is 0 Å². The van der Waals surface area contributed by atoms with E-state index in [0.717, 1.165) is 19.0 Å². The van der Waals surface area contributed by atoms with Gasteiger partial charge in [0, 0.05) is 25.7 Å². The highest BCUT2D eigenvalue weighted by molar-refractivity contribution is 14.0. The minimum atomic E-state index is 0. The topological polar surface area (TPSA) is 39.7 Å². The van der Waals surface area contributed by atoms with Gasteiger partial charge < -0.3 is 10.6 Å². The molecule has 0 atom stereocenters. The molecule has 0 unspecified atom stereocenters. The molecule has 0 bridgehead atoms. The van der Waals surface area contributed by atoms with Crippen molar-refractivity contribution in [1.29, 1.82) is 0 Å². The third-order valence-electron chi connectivity index (χ3n) is 3.59. The lowest BCUT2D eigenvalue weighted by Crippen LogP contribution is -2.37. The first kappa shape index (κ1) is 21.9. The molecule has 0 fully saturated rings. The lowest BCUT2D eigenvalue weighted by Gasteiger charge is -2.22. The third kappa shape index (κ3) is 8.37. The second-order valence-electron chi connectivity index (χ2n) is 5.64. The van der Waals surface area contributed by atoms with Gasteiger partial charge in [-0.2, -0.15) is 0 Å². The van der Waals surface area contributed by atoms with Crippen LogP contribution in [-0.4, -0.2) is 37.0 Å². The van der Waals surface area contributed by atoms with Gasteiger partial charge in [0.15, 0.2) is 5.96 Å². The Kier molecular flexibility index (Phi) is 11.8. The molecule has 0 amide bonds. The molecule has 23 heavy (non-hydrogen) atoms. The van der Waals surface area contributed by atoms with Gasteiger partial charge in [0.05, 0.1) is 6.54 Å². The largest absolute Gasteiger partial charge is 0.357 e. The first-order chi connectivity index (χ1) is 10.6. The Morgan fingerprint density at radius 3 is 2.48 bits per heavy atom. The Morgan fingerprint density at radius 1 is 1.26 bits per heavy atom. The van der Waals surface area contributed by atoms with Gasteiger partial charge in [-0.25, -0.2) is 4.99 Å². The fourth-order valence-corrected chi connectivity index (χ4v) is 1.99. The number of benzene rings is 1. The molecule has 4 nitrogen and oxygen atoms in total. The van der Waals surface area contributed by atoms with E-state index in [-0.39, 0.29) is 24.0 Å². The zero-order chi connectivity index (χ0) is 16.4. The molecule has 0 heterocycles. The molecule has 0 aromatic heterocycles. The molecule has 130 valence electrons. The molecule has 5 heteroatoms. The second kappa shape index (κ2) is 12.4. The molecule has 0 radical (unpaired) electrons. The van der Waals surface area contributed by atoms with Crippen LogP contribution in [0.25, 0.3) is 0 Å². The van der Waals surface area contributed by atoms with E-state index in [1.165, 1.54) is 11.1 Å². The minimum absolute atomic E-state index is 0. The highest BCUT2D eigenvalue weighted by Gasteiger charge is 2.08. The summed E-state index contributed by atoms with van der Waals surface area (Å²) in [6.07, 6.45) is 1.83. The molecule has 0 saturated carbocycles. The van der Waals surface area contributed by atoms with Crippen molar-refractivity contribution in [2.24, 2.45) is 4.99 Å². The first-order valence-corrected chi connectivity index (χ1v) is 7.98. The van der Waals surface area contributed by atoms with Gasteiger partial charge in [0.25, 0.3) is 0 Å². The monoisotopic (exact) mass is 430 g/mol. The minimum Gasteiger partial charge on any atom is -0.357 e. The van der Waals surface area contributed by atoms with Gasteiger partial charge >= 0.3 is 0 Å². The highest BCUT2D eigenvalue weighted by Crippen LogP contribution is 2.13. The molecular weight excluding hydrogens is 399 g/mol. The molecule has 0 aliphatic carbocycles. The zero-order valence-electron chi connectivity index (χ0n) is 14.8. The van der Waals surface area contributed by atoms with Crippen LogP contribution in [0.1, 0.15) is 31.9 Å². The van der Waals surface area contributed by atoms with Gasteiger partial charge in [-0.15, -0.1) is 30.6 Å². The van der Waals surface area contributed by atoms with Gasteiger partial charge in [-0.1, -0.05) is 30.3 Å². The maximum atomic E-state index is 4.66. The standard InChI is InChI=1S/C18H30N4.HI/c1-6-12-20-18(19-7-2)21-13-16-10-8-9-11-17(16)14-22(5)15(3)4;/h6,8-11,15H,1,7,12-14H2,2-5H3,(H2,19,20,21);1H. The van der Waals surface area contributed by atoms with Crippen molar-refractivity contribution >= 4 is 29.9 Å². The van der Waals surface area contributed by atoms with Crippen LogP contribution in [0.5, 0.6) is 0 Å². The van der Waals surface area contributed by atoms with Crippen molar-refractivity contribution in [3.05, 3.63) is 48.0 Å². The van der Waals surface area contributed by atoms with Crippen LogP contribution in [0, 0.1) is 0 Å². The molecule has 1 aromatic carbocycles. The SMILES string of the molecule is C=CCNC(=NCc1ccccc1CN(C)C(C)C)NCC.I. The van der Waals surface area contributed by atoms with E-state index in [1.54, 1.807) is 0 Å². The van der Waals surface area contributed by atoms with Gasteiger partial charge in [0.2, 0.25) is 0 Å². The average molecular weight is 430 g/mol. The molecule has 0 aliphatic heterocycles. The Balaban J connectivity index is 0.00000484. The van der Waals surface area contributed by atoms with Crippen molar-refractivity contribution in [3.8, 4) is 0 Å². The van der Waals surface area contributed by atoms with Crippen LogP contribution in [0.3, 0.4) is 0 Å². The molecule has 0 saturated heterocycles. The molecule has 0 aliphatic rings. The molecule has 0 spiro atoms. The van der Waals surface area contributed by atoms with Gasteiger partial charge in [-0.3, -0.25) is 4.90 Å². The van der Waals surface area contributed by atoms with Crippen LogP contribution >= 0.6 is 24.0 Å². The third-order valence-corrected chi connectivity index (χ3v) is 3.59. The number of aliphatic imine (C=N–C) groups is 1. The summed E-state index contributed by atoms with van der Waals surface area (Å²) in [7, 11) is 2.15. The van der Waals surface area contributed by atoms with Crippen molar-refractivity contribution in [2.45, 2.75) is 39.9 Å². The number of guanidine groups is 1. The maximum Gasteiger partial charge on any atom is 0.191 e. The zero-order valence-corrected chi connectivity index (χ0v) is 17.1. The summed E-state index contributed by atoms with van der Waals surface area (Å²) >= 11 is 0. The Morgan fingerprint density at radius 2 is 1.91 bits per heavy atom. The Hall–Kier alpha value is -1.08. The van der Waals surface area contributed by atoms with E-state index in [2.05, 4.69) is 79.2 Å². The van der Waals surface area contributed by atoms with Gasteiger partial charge in [-0.05, 0) is 38.9 Å². The normalized spacial score (nSPS) is 11.3. The number of nitrogens with one attached hydrogen (secondary N) is 2. The van der Waals surface area contributed by atoms with Gasteiger partial charge in [0.1, 0.15) is 0 Å². The summed E-state index contributed by atoms with van der Waals surface area (Å²) < 4.78 is 0. The smallest absolute Gasteiger partial charge is 0.191 e. The first-order valence-electron chi connectivity index (χ1n) is 7.98. The quantitative estimate of drug-likeness (QED) is 0.288. The molecule has 2 N–H and O–H groups in total. The molecule has 1 aromatic rings. The van der Waals surface area contributed by atoms with Crippen LogP contribution in [-0.2, 0) is 13.1 Å². The van der Waals surface area contributed by atoms with Crippen molar-refractivity contribution in [2.75, 3.05) is 20.1 Å². The second-order valence-corrected chi connectivity index (χ2v) is 5.64. The van der Waals surface area contributed by atoms with Crippen LogP contribution in [0.2, 0.25) is 0 Å². The summed E-state index contributed by atoms with van der Waals surface area (Å²) in [5.41, 5.74) is 2.60. The van der Waals surface area contributed by atoms with E-state index in [9.17, 15) is 0 Å². The Labute approximate surface area is 158 Å². The van der Waals surface area contributed by atoms with Crippen molar-refractivity contribution in [3.63, 3.8) is 0 Å². The summed E-state index contributed by atoms with van der Waals surface area (Å²) in [4.78, 5) is 7.00. The van der Waals surface area contributed by atoms with E-state index in [1.807, 2.05) is 6.08 Å². The van der Waals surface area contributed by atoms with Crippen LogP contribution in [0.4, 0.5) is 0 Å². The molecular formula is C18H31IN4. The predicted molar refractivity (Wildman–Crippen MR) is 111 cm³/mol. The van der Waals surface area contributed by atoms with E-state index in [4.69, 9.17) is 0 Å². The number of halogens is 1. The lowest BCUT2D eigenvalue weighted by atomic mass is 10.1. The summed E-state index contributed by atoms with van der Waals surface area (Å²) in [6, 6.07) is 9.05. The van der Waals surface area contributed by atoms with Crippen molar-refractivity contribution < 1.29 is 0 Å². The average Bonchev–Trinajstić information content (AvgIpc) is 2.51. The highest BCUT2D eigenvalue weighted by atomic mass is 127. The fraction of sp³-hybridized carbons (Fsp3) is 0.500. The number of nitrogens with zero attached hydrogens (tertiary/aromatic N) is 2. The number of hydrogen-bond acceptors (Lipinski definition) is 2. The van der Waals surface area contributed by atoms with Crippen molar-refractivity contribution in [1.82, 2.24) is 15.5 Å². The van der Waals surface area contributed by atoms with E-state index < -0.39 is 0 Å². The Bertz CT molecular complexity index is 486. The summed E-state index contributed by atoms with van der Waals surface area (Å²) in [5.74, 6) is 0.828. The van der Waals surface area contributed by atoms with E-state index in [0.29, 0.717) is 19.1 Å². The fourth-order valence-electron chi connectivity index (χ4n) is 1.99. The summed E-state index contributed by atoms with van der Waals surface area (Å²) in [5, 5.41) is 6.48. The molecule has 1 rings (SSSR count). The number of rotatable bonds is 8. The number of hydrogen-bond donors (Lipinski definition) is 2. The maximum absolute atomic E-state index is 4.66. The summed E-state index contributed by atoms with van der Waals surface area (Å²) in [6.45, 7) is 13.4. The van der Waals surface area contributed by atoms with Crippen LogP contribution in [0.15, 0.2) is 41.9 Å².